The first-order valence-electron chi connectivity index (χ1n) is 15.2. The molecule has 3 heterocycles. The van der Waals surface area contributed by atoms with Gasteiger partial charge in [0.15, 0.2) is 0 Å². The van der Waals surface area contributed by atoms with Gasteiger partial charge in [-0.05, 0) is 93.7 Å². The van der Waals surface area contributed by atoms with Crippen LogP contribution in [-0.2, 0) is 11.3 Å². The maximum Gasteiger partial charge on any atom is 0.143 e. The lowest BCUT2D eigenvalue weighted by Gasteiger charge is -2.28. The van der Waals surface area contributed by atoms with E-state index in [9.17, 15) is 0 Å². The lowest BCUT2D eigenvalue weighted by Crippen LogP contribution is -2.35. The van der Waals surface area contributed by atoms with Crippen molar-refractivity contribution >= 4 is 5.69 Å². The van der Waals surface area contributed by atoms with Crippen molar-refractivity contribution in [3.63, 3.8) is 0 Å². The van der Waals surface area contributed by atoms with Crippen LogP contribution in [0.4, 0.5) is 5.69 Å². The van der Waals surface area contributed by atoms with E-state index in [1.165, 1.54) is 87.9 Å². The van der Waals surface area contributed by atoms with E-state index in [1.807, 2.05) is 0 Å². The van der Waals surface area contributed by atoms with Gasteiger partial charge in [-0.1, -0.05) is 43.2 Å². The average Bonchev–Trinajstić information content (AvgIpc) is 2.98. The zero-order valence-corrected chi connectivity index (χ0v) is 23.3. The summed E-state index contributed by atoms with van der Waals surface area (Å²) in [6.07, 6.45) is 9.28. The number of ether oxygens (including phenoxy) is 2. The van der Waals surface area contributed by atoms with Gasteiger partial charge in [-0.15, -0.1) is 0 Å². The van der Waals surface area contributed by atoms with E-state index in [1.54, 1.807) is 0 Å². The molecule has 2 aromatic carbocycles. The van der Waals surface area contributed by atoms with E-state index in [4.69, 9.17) is 9.47 Å². The third-order valence-electron chi connectivity index (χ3n) is 8.34. The Balaban J connectivity index is 1.26. The van der Waals surface area contributed by atoms with Gasteiger partial charge in [0.1, 0.15) is 12.4 Å². The molecule has 1 N–H and O–H groups in total. The predicted molar refractivity (Wildman–Crippen MR) is 157 cm³/mol. The van der Waals surface area contributed by atoms with Gasteiger partial charge in [-0.2, -0.15) is 0 Å². The molecule has 3 fully saturated rings. The highest BCUT2D eigenvalue weighted by Gasteiger charge is 2.16. The molecule has 0 bridgehead atoms. The summed E-state index contributed by atoms with van der Waals surface area (Å²) in [7, 11) is 0. The number of anilines is 1. The third-order valence-corrected chi connectivity index (χ3v) is 8.34. The van der Waals surface area contributed by atoms with Crippen LogP contribution in [0, 0.1) is 0 Å². The molecule has 0 saturated carbocycles. The van der Waals surface area contributed by atoms with Gasteiger partial charge in [0.25, 0.3) is 0 Å². The number of nitrogens with zero attached hydrogens (tertiary/aromatic N) is 3. The van der Waals surface area contributed by atoms with E-state index in [0.29, 0.717) is 0 Å². The lowest BCUT2D eigenvalue weighted by atomic mass is 9.98. The SMILES string of the molecule is c1ccc(-c2ccc(NCCCN3CCCCC3)c(OCCN3CCCCC3)c2)c(CN2CCOCC2)c1. The van der Waals surface area contributed by atoms with Gasteiger partial charge >= 0.3 is 0 Å². The Kier molecular flexibility index (Phi) is 10.7. The number of hydrogen-bond donors (Lipinski definition) is 1. The quantitative estimate of drug-likeness (QED) is 0.381. The fraction of sp³-hybridized carbons (Fsp3) is 0.625. The van der Waals surface area contributed by atoms with Crippen LogP contribution in [0.1, 0.15) is 50.5 Å². The average molecular weight is 521 g/mol. The van der Waals surface area contributed by atoms with Crippen LogP contribution in [0.3, 0.4) is 0 Å². The van der Waals surface area contributed by atoms with E-state index in [0.717, 1.165) is 70.4 Å². The maximum absolute atomic E-state index is 6.50. The van der Waals surface area contributed by atoms with E-state index < -0.39 is 0 Å². The van der Waals surface area contributed by atoms with Crippen LogP contribution in [-0.4, -0.2) is 93.4 Å². The number of nitrogens with one attached hydrogen (secondary N) is 1. The Morgan fingerprint density at radius 3 is 2.21 bits per heavy atom. The highest BCUT2D eigenvalue weighted by Crippen LogP contribution is 2.33. The van der Waals surface area contributed by atoms with Crippen LogP contribution in [0.2, 0.25) is 0 Å². The molecule has 6 heteroatoms. The van der Waals surface area contributed by atoms with E-state index in [2.05, 4.69) is 62.5 Å². The second-order valence-electron chi connectivity index (χ2n) is 11.2. The maximum atomic E-state index is 6.50. The molecule has 3 saturated heterocycles. The Bertz CT molecular complexity index is 966. The molecule has 6 nitrogen and oxygen atoms in total. The third kappa shape index (κ3) is 8.19. The number of benzene rings is 2. The molecule has 0 aliphatic carbocycles. The predicted octanol–water partition coefficient (Wildman–Crippen LogP) is 5.34. The van der Waals surface area contributed by atoms with Crippen LogP contribution in [0.5, 0.6) is 5.75 Å². The van der Waals surface area contributed by atoms with Gasteiger partial charge in [-0.3, -0.25) is 9.80 Å². The Labute approximate surface area is 230 Å². The summed E-state index contributed by atoms with van der Waals surface area (Å²) in [5, 5.41) is 3.71. The van der Waals surface area contributed by atoms with Gasteiger partial charge in [0, 0.05) is 32.7 Å². The van der Waals surface area contributed by atoms with Crippen molar-refractivity contribution in [3.05, 3.63) is 48.0 Å². The van der Waals surface area contributed by atoms with Gasteiger partial charge in [-0.25, -0.2) is 0 Å². The zero-order valence-electron chi connectivity index (χ0n) is 23.3. The molecule has 5 rings (SSSR count). The van der Waals surface area contributed by atoms with Crippen molar-refractivity contribution in [3.8, 4) is 16.9 Å². The number of piperidine rings is 2. The Hall–Kier alpha value is -2.12. The second kappa shape index (κ2) is 14.9. The Morgan fingerprint density at radius 1 is 0.737 bits per heavy atom. The summed E-state index contributed by atoms with van der Waals surface area (Å²) < 4.78 is 12.1. The van der Waals surface area contributed by atoms with Crippen LogP contribution in [0.15, 0.2) is 42.5 Å². The standard InChI is InChI=1S/C32H48N4O2/c1-5-15-34(16-6-1)19-9-14-33-31-13-12-28(26-32(31)38-25-22-35-17-7-2-8-18-35)30-11-4-3-10-29(30)27-36-20-23-37-24-21-36/h3-4,10-13,26,33H,1-2,5-9,14-25,27H2. The molecule has 0 amide bonds. The first-order valence-corrected chi connectivity index (χ1v) is 15.2. The summed E-state index contributed by atoms with van der Waals surface area (Å²) in [4.78, 5) is 7.67. The second-order valence-corrected chi connectivity index (χ2v) is 11.2. The molecule has 0 atom stereocenters. The molecule has 0 unspecified atom stereocenters. The highest BCUT2D eigenvalue weighted by molar-refractivity contribution is 5.73. The van der Waals surface area contributed by atoms with Crippen molar-refractivity contribution < 1.29 is 9.47 Å². The minimum atomic E-state index is 0.737. The molecule has 2 aromatic rings. The van der Waals surface area contributed by atoms with Crippen molar-refractivity contribution in [1.29, 1.82) is 0 Å². The number of likely N-dealkylation sites (tertiary alicyclic amines) is 2. The van der Waals surface area contributed by atoms with E-state index >= 15 is 0 Å². The molecule has 3 aliphatic heterocycles. The minimum Gasteiger partial charge on any atom is -0.490 e. The monoisotopic (exact) mass is 520 g/mol. The zero-order chi connectivity index (χ0) is 25.8. The molecular weight excluding hydrogens is 472 g/mol. The van der Waals surface area contributed by atoms with Gasteiger partial charge in [0.05, 0.1) is 18.9 Å². The molecule has 208 valence electrons. The molecule has 0 aromatic heterocycles. The summed E-state index contributed by atoms with van der Waals surface area (Å²) in [6.45, 7) is 13.5. The van der Waals surface area contributed by atoms with Gasteiger partial charge in [0.2, 0.25) is 0 Å². The molecule has 0 radical (unpaired) electrons. The summed E-state index contributed by atoms with van der Waals surface area (Å²) >= 11 is 0. The fourth-order valence-electron chi connectivity index (χ4n) is 6.07. The lowest BCUT2D eigenvalue weighted by molar-refractivity contribution is 0.0342. The first-order chi connectivity index (χ1) is 18.8. The van der Waals surface area contributed by atoms with Crippen molar-refractivity contribution in [2.75, 3.05) is 84.0 Å². The minimum absolute atomic E-state index is 0.737. The van der Waals surface area contributed by atoms with Gasteiger partial charge < -0.3 is 19.7 Å². The molecule has 3 aliphatic rings. The highest BCUT2D eigenvalue weighted by atomic mass is 16.5. The van der Waals surface area contributed by atoms with Crippen LogP contribution >= 0.6 is 0 Å². The van der Waals surface area contributed by atoms with E-state index in [-0.39, 0.29) is 0 Å². The van der Waals surface area contributed by atoms with Crippen LogP contribution in [0.25, 0.3) is 11.1 Å². The summed E-state index contributed by atoms with van der Waals surface area (Å²) in [6, 6.07) is 15.6. The first kappa shape index (κ1) is 27.4. The fourth-order valence-corrected chi connectivity index (χ4v) is 6.07. The van der Waals surface area contributed by atoms with Crippen molar-refractivity contribution in [2.45, 2.75) is 51.5 Å². The number of hydrogen-bond acceptors (Lipinski definition) is 6. The number of rotatable bonds is 12. The van der Waals surface area contributed by atoms with Crippen molar-refractivity contribution in [1.82, 2.24) is 14.7 Å². The van der Waals surface area contributed by atoms with Crippen molar-refractivity contribution in [2.24, 2.45) is 0 Å². The number of morpholine rings is 1. The van der Waals surface area contributed by atoms with Crippen LogP contribution < -0.4 is 10.1 Å². The Morgan fingerprint density at radius 2 is 1.45 bits per heavy atom. The topological polar surface area (TPSA) is 40.2 Å². The molecule has 0 spiro atoms. The smallest absolute Gasteiger partial charge is 0.143 e. The molecular formula is C32H48N4O2. The largest absolute Gasteiger partial charge is 0.490 e. The summed E-state index contributed by atoms with van der Waals surface area (Å²) in [5.74, 6) is 0.985. The normalized spacial score (nSPS) is 19.9. The summed E-state index contributed by atoms with van der Waals surface area (Å²) in [5.41, 5.74) is 5.03. The molecule has 38 heavy (non-hydrogen) atoms.